The summed E-state index contributed by atoms with van der Waals surface area (Å²) in [6, 6.07) is 12.9. The van der Waals surface area contributed by atoms with E-state index in [0.29, 0.717) is 4.83 Å². The maximum Gasteiger partial charge on any atom is 0.126 e. The minimum Gasteiger partial charge on any atom is -0.496 e. The van der Waals surface area contributed by atoms with E-state index in [1.807, 2.05) is 0 Å². The Hall–Kier alpha value is -1.02. The standard InChI is InChI=1S/C19H23BrO/c1-21-19-12-11-16(15-9-5-6-10-17(15)19)18(20)13-14-7-3-2-4-8-14/h5-6,9-12,14,18H,2-4,7-8,13H2,1H3. The molecule has 1 unspecified atom stereocenters. The summed E-state index contributed by atoms with van der Waals surface area (Å²) in [6.45, 7) is 0. The highest BCUT2D eigenvalue weighted by Crippen LogP contribution is 2.40. The summed E-state index contributed by atoms with van der Waals surface area (Å²) in [7, 11) is 1.75. The van der Waals surface area contributed by atoms with Gasteiger partial charge in [0.25, 0.3) is 0 Å². The van der Waals surface area contributed by atoms with E-state index in [-0.39, 0.29) is 0 Å². The van der Waals surface area contributed by atoms with Crippen molar-refractivity contribution in [1.82, 2.24) is 0 Å². The van der Waals surface area contributed by atoms with Gasteiger partial charge in [-0.15, -0.1) is 0 Å². The van der Waals surface area contributed by atoms with E-state index in [9.17, 15) is 0 Å². The number of methoxy groups -OCH3 is 1. The van der Waals surface area contributed by atoms with E-state index in [1.54, 1.807) is 7.11 Å². The lowest BCUT2D eigenvalue weighted by Crippen LogP contribution is -2.08. The largest absolute Gasteiger partial charge is 0.496 e. The second-order valence-corrected chi connectivity index (χ2v) is 7.22. The van der Waals surface area contributed by atoms with Crippen molar-refractivity contribution in [2.45, 2.75) is 43.4 Å². The molecule has 0 radical (unpaired) electrons. The molecule has 1 nitrogen and oxygen atoms in total. The number of fused-ring (bicyclic) bond motifs is 1. The van der Waals surface area contributed by atoms with E-state index in [2.05, 4.69) is 52.3 Å². The lowest BCUT2D eigenvalue weighted by Gasteiger charge is -2.24. The molecule has 2 aromatic rings. The lowest BCUT2D eigenvalue weighted by molar-refractivity contribution is 0.339. The maximum atomic E-state index is 5.50. The van der Waals surface area contributed by atoms with Gasteiger partial charge in [0.15, 0.2) is 0 Å². The first-order chi connectivity index (χ1) is 10.3. The number of benzene rings is 2. The molecule has 1 saturated carbocycles. The lowest BCUT2D eigenvalue weighted by atomic mass is 9.84. The van der Waals surface area contributed by atoms with E-state index >= 15 is 0 Å². The third-order valence-electron chi connectivity index (χ3n) is 4.74. The molecule has 112 valence electrons. The van der Waals surface area contributed by atoms with Crippen LogP contribution in [0.3, 0.4) is 0 Å². The van der Waals surface area contributed by atoms with Crippen molar-refractivity contribution in [3.05, 3.63) is 42.0 Å². The Balaban J connectivity index is 1.89. The van der Waals surface area contributed by atoms with Crippen LogP contribution in [0.25, 0.3) is 10.8 Å². The highest BCUT2D eigenvalue weighted by Gasteiger charge is 2.20. The van der Waals surface area contributed by atoms with Gasteiger partial charge in [0.1, 0.15) is 5.75 Å². The van der Waals surface area contributed by atoms with Crippen LogP contribution in [0.5, 0.6) is 5.75 Å². The van der Waals surface area contributed by atoms with Crippen LogP contribution in [0, 0.1) is 5.92 Å². The van der Waals surface area contributed by atoms with Gasteiger partial charge in [0.2, 0.25) is 0 Å². The van der Waals surface area contributed by atoms with Crippen LogP contribution in [-0.2, 0) is 0 Å². The van der Waals surface area contributed by atoms with Crippen molar-refractivity contribution in [1.29, 1.82) is 0 Å². The summed E-state index contributed by atoms with van der Waals surface area (Å²) in [5.74, 6) is 1.84. The molecule has 0 heterocycles. The molecular weight excluding hydrogens is 324 g/mol. The third kappa shape index (κ3) is 3.26. The van der Waals surface area contributed by atoms with Crippen molar-refractivity contribution in [3.8, 4) is 5.75 Å². The second kappa shape index (κ2) is 6.83. The van der Waals surface area contributed by atoms with Crippen molar-refractivity contribution >= 4 is 26.7 Å². The van der Waals surface area contributed by atoms with Gasteiger partial charge in [-0.2, -0.15) is 0 Å². The predicted molar refractivity (Wildman–Crippen MR) is 93.4 cm³/mol. The van der Waals surface area contributed by atoms with E-state index < -0.39 is 0 Å². The monoisotopic (exact) mass is 346 g/mol. The molecule has 0 bridgehead atoms. The van der Waals surface area contributed by atoms with Gasteiger partial charge in [-0.1, -0.05) is 78.4 Å². The van der Waals surface area contributed by atoms with Crippen LogP contribution < -0.4 is 4.74 Å². The molecular formula is C19H23BrO. The smallest absolute Gasteiger partial charge is 0.126 e. The fraction of sp³-hybridized carbons (Fsp3) is 0.474. The Morgan fingerprint density at radius 2 is 1.76 bits per heavy atom. The van der Waals surface area contributed by atoms with Gasteiger partial charge in [-0.25, -0.2) is 0 Å². The molecule has 1 aliphatic carbocycles. The molecule has 1 atom stereocenters. The molecule has 2 heteroatoms. The van der Waals surface area contributed by atoms with Crippen LogP contribution in [-0.4, -0.2) is 7.11 Å². The Labute approximate surface area is 135 Å². The zero-order valence-electron chi connectivity index (χ0n) is 12.6. The van der Waals surface area contributed by atoms with E-state index in [0.717, 1.165) is 11.7 Å². The van der Waals surface area contributed by atoms with Crippen LogP contribution in [0.1, 0.15) is 48.9 Å². The van der Waals surface area contributed by atoms with Crippen molar-refractivity contribution in [3.63, 3.8) is 0 Å². The summed E-state index contributed by atoms with van der Waals surface area (Å²) >= 11 is 3.95. The van der Waals surface area contributed by atoms with Crippen LogP contribution in [0.2, 0.25) is 0 Å². The molecule has 0 aliphatic heterocycles. The van der Waals surface area contributed by atoms with Crippen LogP contribution in [0.15, 0.2) is 36.4 Å². The zero-order chi connectivity index (χ0) is 14.7. The Morgan fingerprint density at radius 1 is 1.05 bits per heavy atom. The van der Waals surface area contributed by atoms with Gasteiger partial charge in [-0.05, 0) is 29.4 Å². The Kier molecular flexibility index (Phi) is 4.84. The zero-order valence-corrected chi connectivity index (χ0v) is 14.2. The molecule has 21 heavy (non-hydrogen) atoms. The topological polar surface area (TPSA) is 9.23 Å². The molecule has 2 aromatic carbocycles. The normalized spacial score (nSPS) is 17.8. The number of hydrogen-bond acceptors (Lipinski definition) is 1. The highest BCUT2D eigenvalue weighted by molar-refractivity contribution is 9.09. The van der Waals surface area contributed by atoms with Crippen molar-refractivity contribution in [2.75, 3.05) is 7.11 Å². The van der Waals surface area contributed by atoms with Crippen molar-refractivity contribution < 1.29 is 4.74 Å². The van der Waals surface area contributed by atoms with Gasteiger partial charge >= 0.3 is 0 Å². The first kappa shape index (κ1) is 14.9. The SMILES string of the molecule is COc1ccc(C(Br)CC2CCCCC2)c2ccccc12. The average Bonchev–Trinajstić information content (AvgIpc) is 2.54. The highest BCUT2D eigenvalue weighted by atomic mass is 79.9. The number of alkyl halides is 1. The van der Waals surface area contributed by atoms with E-state index in [4.69, 9.17) is 4.74 Å². The third-order valence-corrected chi connectivity index (χ3v) is 5.61. The minimum absolute atomic E-state index is 0.441. The molecule has 3 rings (SSSR count). The fourth-order valence-corrected chi connectivity index (χ4v) is 4.52. The molecule has 0 aromatic heterocycles. The number of rotatable bonds is 4. The van der Waals surface area contributed by atoms with Crippen LogP contribution in [0.4, 0.5) is 0 Å². The van der Waals surface area contributed by atoms with Gasteiger partial charge < -0.3 is 4.74 Å². The molecule has 0 spiro atoms. The summed E-state index contributed by atoms with van der Waals surface area (Å²) in [5.41, 5.74) is 1.40. The number of halogens is 1. The molecule has 0 saturated heterocycles. The molecule has 1 aliphatic rings. The second-order valence-electron chi connectivity index (χ2n) is 6.11. The minimum atomic E-state index is 0.441. The summed E-state index contributed by atoms with van der Waals surface area (Å²) in [5, 5.41) is 2.53. The van der Waals surface area contributed by atoms with Gasteiger partial charge in [0.05, 0.1) is 7.11 Å². The fourth-order valence-electron chi connectivity index (χ4n) is 3.59. The Bertz CT molecular complexity index is 602. The number of hydrogen-bond donors (Lipinski definition) is 0. The molecule has 0 amide bonds. The summed E-state index contributed by atoms with van der Waals surface area (Å²) in [6.07, 6.45) is 8.29. The van der Waals surface area contributed by atoms with E-state index in [1.165, 1.54) is 54.9 Å². The molecule has 0 N–H and O–H groups in total. The first-order valence-electron chi connectivity index (χ1n) is 7.99. The van der Waals surface area contributed by atoms with Gasteiger partial charge in [-0.3, -0.25) is 0 Å². The first-order valence-corrected chi connectivity index (χ1v) is 8.91. The maximum absolute atomic E-state index is 5.50. The predicted octanol–water partition coefficient (Wildman–Crippen LogP) is 6.25. The Morgan fingerprint density at radius 3 is 2.48 bits per heavy atom. The van der Waals surface area contributed by atoms with Crippen LogP contribution >= 0.6 is 15.9 Å². The number of ether oxygens (including phenoxy) is 1. The van der Waals surface area contributed by atoms with Crippen molar-refractivity contribution in [2.24, 2.45) is 5.92 Å². The molecule has 1 fully saturated rings. The quantitative estimate of drug-likeness (QED) is 0.594. The van der Waals surface area contributed by atoms with Gasteiger partial charge in [0, 0.05) is 10.2 Å². The summed E-state index contributed by atoms with van der Waals surface area (Å²) < 4.78 is 5.50. The summed E-state index contributed by atoms with van der Waals surface area (Å²) in [4.78, 5) is 0.441. The average molecular weight is 347 g/mol.